The average molecular weight is 326 g/mol. The second-order valence-electron chi connectivity index (χ2n) is 5.12. The number of ether oxygens (including phenoxy) is 1. The number of carbonyl (C=O) groups excluding carboxylic acids is 1. The molecule has 1 aromatic rings. The van der Waals surface area contributed by atoms with Crippen molar-refractivity contribution in [3.63, 3.8) is 0 Å². The van der Waals surface area contributed by atoms with Crippen LogP contribution in [0.5, 0.6) is 0 Å². The van der Waals surface area contributed by atoms with E-state index >= 15 is 0 Å². The number of nitrogens with zero attached hydrogens (tertiary/aromatic N) is 1. The smallest absolute Gasteiger partial charge is 0.227 e. The average Bonchev–Trinajstić information content (AvgIpc) is 2.40. The second-order valence-corrected chi connectivity index (χ2v) is 5.77. The van der Waals surface area contributed by atoms with Crippen LogP contribution in [-0.4, -0.2) is 41.4 Å². The highest BCUT2D eigenvalue weighted by Gasteiger charge is 2.27. The van der Waals surface area contributed by atoms with Crippen LogP contribution in [-0.2, 0) is 16.0 Å². The number of hydrogen-bond acceptors (Lipinski definition) is 2. The lowest BCUT2D eigenvalue weighted by Crippen LogP contribution is -2.50. The van der Waals surface area contributed by atoms with Crippen molar-refractivity contribution in [3.8, 4) is 0 Å². The number of amides is 1. The molecule has 0 bridgehead atoms. The fourth-order valence-electron chi connectivity index (χ4n) is 2.42. The van der Waals surface area contributed by atoms with Gasteiger partial charge in [0.05, 0.1) is 18.6 Å². The van der Waals surface area contributed by atoms with Gasteiger partial charge >= 0.3 is 0 Å². The Morgan fingerprint density at radius 2 is 2.16 bits per heavy atom. The zero-order chi connectivity index (χ0) is 13.8. The lowest BCUT2D eigenvalue weighted by molar-refractivity contribution is -0.142. The summed E-state index contributed by atoms with van der Waals surface area (Å²) in [7, 11) is 0. The first-order valence-electron chi connectivity index (χ1n) is 6.64. The molecule has 3 nitrogen and oxygen atoms in total. The largest absolute Gasteiger partial charge is 0.371 e. The highest BCUT2D eigenvalue weighted by molar-refractivity contribution is 9.09. The van der Waals surface area contributed by atoms with Crippen molar-refractivity contribution >= 4 is 21.8 Å². The van der Waals surface area contributed by atoms with E-state index in [1.807, 2.05) is 43.0 Å². The molecule has 2 unspecified atom stereocenters. The molecule has 0 aliphatic carbocycles. The molecule has 0 N–H and O–H groups in total. The summed E-state index contributed by atoms with van der Waals surface area (Å²) in [5.74, 6) is 0.190. The molecule has 0 spiro atoms. The van der Waals surface area contributed by atoms with E-state index in [4.69, 9.17) is 4.74 Å². The number of benzene rings is 1. The van der Waals surface area contributed by atoms with E-state index in [1.165, 1.54) is 5.56 Å². The van der Waals surface area contributed by atoms with Gasteiger partial charge in [0.15, 0.2) is 0 Å². The van der Waals surface area contributed by atoms with Crippen LogP contribution in [0, 0.1) is 6.92 Å². The van der Waals surface area contributed by atoms with Crippen molar-refractivity contribution in [1.82, 2.24) is 4.90 Å². The number of halogens is 1. The number of hydrogen-bond donors (Lipinski definition) is 0. The molecule has 1 aliphatic rings. The van der Waals surface area contributed by atoms with E-state index in [0.717, 1.165) is 10.9 Å². The Morgan fingerprint density at radius 3 is 2.84 bits per heavy atom. The monoisotopic (exact) mass is 325 g/mol. The number of aryl methyl sites for hydroxylation is 1. The minimum Gasteiger partial charge on any atom is -0.371 e. The normalized spacial score (nSPS) is 23.4. The Hall–Kier alpha value is -0.870. The van der Waals surface area contributed by atoms with E-state index < -0.39 is 0 Å². The fraction of sp³-hybridized carbons (Fsp3) is 0.533. The van der Waals surface area contributed by atoms with E-state index in [0.29, 0.717) is 19.5 Å². The topological polar surface area (TPSA) is 29.5 Å². The minimum absolute atomic E-state index is 0.101. The molecule has 1 heterocycles. The third kappa shape index (κ3) is 3.80. The van der Waals surface area contributed by atoms with Gasteiger partial charge in [-0.3, -0.25) is 4.79 Å². The van der Waals surface area contributed by atoms with Gasteiger partial charge in [0.25, 0.3) is 0 Å². The first-order valence-corrected chi connectivity index (χ1v) is 7.76. The molecule has 1 saturated heterocycles. The minimum atomic E-state index is 0.101. The highest BCUT2D eigenvalue weighted by atomic mass is 79.9. The van der Waals surface area contributed by atoms with Crippen LogP contribution in [0.25, 0.3) is 0 Å². The zero-order valence-corrected chi connectivity index (χ0v) is 13.0. The van der Waals surface area contributed by atoms with Crippen molar-refractivity contribution in [1.29, 1.82) is 0 Å². The van der Waals surface area contributed by atoms with Crippen LogP contribution in [0.4, 0.5) is 0 Å². The van der Waals surface area contributed by atoms with E-state index in [-0.39, 0.29) is 18.1 Å². The van der Waals surface area contributed by atoms with Crippen LogP contribution >= 0.6 is 15.9 Å². The first-order chi connectivity index (χ1) is 9.10. The summed E-state index contributed by atoms with van der Waals surface area (Å²) in [6.07, 6.45) is 0.690. The molecular formula is C15H20BrNO2. The van der Waals surface area contributed by atoms with Crippen molar-refractivity contribution in [2.75, 3.05) is 18.4 Å². The third-order valence-electron chi connectivity index (χ3n) is 3.45. The molecule has 1 fully saturated rings. The summed E-state index contributed by atoms with van der Waals surface area (Å²) in [6.45, 7) is 5.43. The van der Waals surface area contributed by atoms with Gasteiger partial charge in [0.1, 0.15) is 0 Å². The molecular weight excluding hydrogens is 306 g/mol. The van der Waals surface area contributed by atoms with Gasteiger partial charge in [-0.1, -0.05) is 40.2 Å². The number of carbonyl (C=O) groups is 1. The predicted molar refractivity (Wildman–Crippen MR) is 79.6 cm³/mol. The molecule has 0 saturated carbocycles. The summed E-state index contributed by atoms with van der Waals surface area (Å²) in [6, 6.07) is 8.06. The Kier molecular flexibility index (Phi) is 4.99. The molecule has 1 aliphatic heterocycles. The number of rotatable bonds is 3. The molecule has 4 heteroatoms. The van der Waals surface area contributed by atoms with Crippen LogP contribution in [0.1, 0.15) is 18.1 Å². The molecule has 1 aromatic carbocycles. The van der Waals surface area contributed by atoms with Gasteiger partial charge in [0.2, 0.25) is 5.91 Å². The molecule has 0 radical (unpaired) electrons. The van der Waals surface area contributed by atoms with Crippen LogP contribution < -0.4 is 0 Å². The van der Waals surface area contributed by atoms with E-state index in [9.17, 15) is 4.79 Å². The maximum absolute atomic E-state index is 12.4. The molecule has 0 aromatic heterocycles. The SMILES string of the molecule is Cc1ccccc1CC(=O)N1CC(C)OC(CBr)C1. The van der Waals surface area contributed by atoms with Gasteiger partial charge in [-0.2, -0.15) is 0 Å². The maximum atomic E-state index is 12.4. The third-order valence-corrected chi connectivity index (χ3v) is 4.18. The van der Waals surface area contributed by atoms with E-state index in [1.54, 1.807) is 0 Å². The van der Waals surface area contributed by atoms with Crippen LogP contribution in [0.15, 0.2) is 24.3 Å². The standard InChI is InChI=1S/C15H20BrNO2/c1-11-5-3-4-6-13(11)7-15(18)17-9-12(2)19-14(8-16)10-17/h3-6,12,14H,7-10H2,1-2H3. The maximum Gasteiger partial charge on any atom is 0.227 e. The van der Waals surface area contributed by atoms with Crippen molar-refractivity contribution in [2.45, 2.75) is 32.5 Å². The van der Waals surface area contributed by atoms with Gasteiger partial charge in [-0.05, 0) is 25.0 Å². The second kappa shape index (κ2) is 6.53. The molecule has 19 heavy (non-hydrogen) atoms. The lowest BCUT2D eigenvalue weighted by atomic mass is 10.0. The van der Waals surface area contributed by atoms with Crippen molar-refractivity contribution in [3.05, 3.63) is 35.4 Å². The quantitative estimate of drug-likeness (QED) is 0.799. The summed E-state index contributed by atoms with van der Waals surface area (Å²) in [4.78, 5) is 14.3. The van der Waals surface area contributed by atoms with E-state index in [2.05, 4.69) is 15.9 Å². The molecule has 104 valence electrons. The Labute approximate surface area is 123 Å². The Balaban J connectivity index is 2.01. The highest BCUT2D eigenvalue weighted by Crippen LogP contribution is 2.15. The zero-order valence-electron chi connectivity index (χ0n) is 11.4. The van der Waals surface area contributed by atoms with Gasteiger partial charge < -0.3 is 9.64 Å². The predicted octanol–water partition coefficient (Wildman–Crippen LogP) is 2.55. The molecule has 1 amide bonds. The lowest BCUT2D eigenvalue weighted by Gasteiger charge is -2.36. The number of alkyl halides is 1. The van der Waals surface area contributed by atoms with Gasteiger partial charge in [-0.25, -0.2) is 0 Å². The summed E-state index contributed by atoms with van der Waals surface area (Å²) in [5, 5.41) is 0.769. The molecule has 2 rings (SSSR count). The summed E-state index contributed by atoms with van der Waals surface area (Å²) in [5.41, 5.74) is 2.29. The van der Waals surface area contributed by atoms with Crippen LogP contribution in [0.3, 0.4) is 0 Å². The number of morpholine rings is 1. The van der Waals surface area contributed by atoms with Gasteiger partial charge in [0, 0.05) is 18.4 Å². The summed E-state index contributed by atoms with van der Waals surface area (Å²) < 4.78 is 5.75. The summed E-state index contributed by atoms with van der Waals surface area (Å²) >= 11 is 3.43. The fourth-order valence-corrected chi connectivity index (χ4v) is 2.77. The van der Waals surface area contributed by atoms with Crippen molar-refractivity contribution < 1.29 is 9.53 Å². The van der Waals surface area contributed by atoms with Crippen molar-refractivity contribution in [2.24, 2.45) is 0 Å². The van der Waals surface area contributed by atoms with Gasteiger partial charge in [-0.15, -0.1) is 0 Å². The van der Waals surface area contributed by atoms with Crippen LogP contribution in [0.2, 0.25) is 0 Å². The Bertz CT molecular complexity index is 450. The Morgan fingerprint density at radius 1 is 1.42 bits per heavy atom. The molecule has 2 atom stereocenters. The first kappa shape index (κ1) is 14.5.